The van der Waals surface area contributed by atoms with Crippen LogP contribution in [0.2, 0.25) is 0 Å². The number of aliphatic hydroxyl groups is 1. The Morgan fingerprint density at radius 3 is 3.00 bits per heavy atom. The first kappa shape index (κ1) is 9.99. The van der Waals surface area contributed by atoms with Crippen molar-refractivity contribution in [3.63, 3.8) is 0 Å². The molecule has 3 heteroatoms. The molecule has 0 aliphatic heterocycles. The van der Waals surface area contributed by atoms with Crippen LogP contribution in [0.1, 0.15) is 42.3 Å². The van der Waals surface area contributed by atoms with E-state index < -0.39 is 0 Å². The third-order valence-corrected chi connectivity index (χ3v) is 1.93. The number of hydrogen-bond donors (Lipinski definition) is 1. The molecule has 0 saturated heterocycles. The van der Waals surface area contributed by atoms with Crippen LogP contribution in [-0.2, 0) is 6.61 Å². The number of furan rings is 1. The minimum atomic E-state index is -0.135. The normalized spacial score (nSPS) is 10.3. The fourth-order valence-corrected chi connectivity index (χ4v) is 1.16. The summed E-state index contributed by atoms with van der Waals surface area (Å²) in [6.45, 7) is 1.89. The molecular formula is C10H14O3. The highest BCUT2D eigenvalue weighted by Crippen LogP contribution is 2.14. The van der Waals surface area contributed by atoms with E-state index in [1.807, 2.05) is 6.92 Å². The van der Waals surface area contributed by atoms with Crippen LogP contribution >= 0.6 is 0 Å². The second kappa shape index (κ2) is 4.82. The van der Waals surface area contributed by atoms with E-state index in [0.717, 1.165) is 12.8 Å². The fourth-order valence-electron chi connectivity index (χ4n) is 1.16. The SMILES string of the molecule is CCCCC(=O)c1occc1CO. The lowest BCUT2D eigenvalue weighted by atomic mass is 10.1. The molecule has 0 unspecified atom stereocenters. The molecule has 0 amide bonds. The van der Waals surface area contributed by atoms with Gasteiger partial charge in [-0.1, -0.05) is 13.3 Å². The maximum absolute atomic E-state index is 11.4. The molecule has 0 bridgehead atoms. The molecule has 13 heavy (non-hydrogen) atoms. The molecule has 0 saturated carbocycles. The van der Waals surface area contributed by atoms with Gasteiger partial charge in [0.2, 0.25) is 0 Å². The number of rotatable bonds is 5. The van der Waals surface area contributed by atoms with Crippen molar-refractivity contribution < 1.29 is 14.3 Å². The Hall–Kier alpha value is -1.09. The Kier molecular flexibility index (Phi) is 3.71. The van der Waals surface area contributed by atoms with Crippen molar-refractivity contribution in [2.45, 2.75) is 32.8 Å². The highest BCUT2D eigenvalue weighted by atomic mass is 16.3. The number of Topliss-reactive ketones (excluding diaryl/α,β-unsaturated/α-hetero) is 1. The van der Waals surface area contributed by atoms with Crippen LogP contribution in [0.4, 0.5) is 0 Å². The molecule has 1 heterocycles. The lowest BCUT2D eigenvalue weighted by Crippen LogP contribution is -2.00. The van der Waals surface area contributed by atoms with Gasteiger partial charge in [0.1, 0.15) is 0 Å². The van der Waals surface area contributed by atoms with Gasteiger partial charge in [-0.25, -0.2) is 0 Å². The molecule has 0 aromatic carbocycles. The van der Waals surface area contributed by atoms with Crippen LogP contribution in [0.15, 0.2) is 16.7 Å². The van der Waals surface area contributed by atoms with Crippen molar-refractivity contribution in [3.05, 3.63) is 23.7 Å². The second-order valence-corrected chi connectivity index (χ2v) is 2.96. The topological polar surface area (TPSA) is 50.4 Å². The zero-order chi connectivity index (χ0) is 9.68. The van der Waals surface area contributed by atoms with E-state index in [9.17, 15) is 4.79 Å². The predicted molar refractivity (Wildman–Crippen MR) is 48.5 cm³/mol. The van der Waals surface area contributed by atoms with Crippen LogP contribution in [0.3, 0.4) is 0 Å². The first-order valence-electron chi connectivity index (χ1n) is 4.50. The van der Waals surface area contributed by atoms with Crippen molar-refractivity contribution >= 4 is 5.78 Å². The maximum Gasteiger partial charge on any atom is 0.198 e. The van der Waals surface area contributed by atoms with E-state index in [1.165, 1.54) is 6.26 Å². The largest absolute Gasteiger partial charge is 0.461 e. The summed E-state index contributed by atoms with van der Waals surface area (Å²) in [5.41, 5.74) is 0.584. The zero-order valence-electron chi connectivity index (χ0n) is 7.75. The standard InChI is InChI=1S/C10H14O3/c1-2-3-4-9(12)10-8(7-11)5-6-13-10/h5-6,11H,2-4,7H2,1H3. The first-order chi connectivity index (χ1) is 6.29. The summed E-state index contributed by atoms with van der Waals surface area (Å²) in [4.78, 5) is 11.4. The average Bonchev–Trinajstić information content (AvgIpc) is 2.61. The fraction of sp³-hybridized carbons (Fsp3) is 0.500. The molecule has 0 radical (unpaired) electrons. The van der Waals surface area contributed by atoms with Crippen molar-refractivity contribution in [1.82, 2.24) is 0 Å². The number of carbonyl (C=O) groups is 1. The molecule has 0 aliphatic rings. The molecule has 1 aromatic rings. The van der Waals surface area contributed by atoms with E-state index in [2.05, 4.69) is 0 Å². The third kappa shape index (κ3) is 2.42. The summed E-state index contributed by atoms with van der Waals surface area (Å²) in [5.74, 6) is 0.298. The molecule has 1 rings (SSSR count). The Labute approximate surface area is 77.4 Å². The average molecular weight is 182 g/mol. The molecule has 1 N–H and O–H groups in total. The Bertz CT molecular complexity index is 275. The third-order valence-electron chi connectivity index (χ3n) is 1.93. The van der Waals surface area contributed by atoms with Gasteiger partial charge in [0.05, 0.1) is 12.9 Å². The quantitative estimate of drug-likeness (QED) is 0.710. The highest BCUT2D eigenvalue weighted by Gasteiger charge is 2.13. The smallest absolute Gasteiger partial charge is 0.198 e. The van der Waals surface area contributed by atoms with Crippen LogP contribution in [0.5, 0.6) is 0 Å². The Morgan fingerprint density at radius 2 is 2.38 bits per heavy atom. The summed E-state index contributed by atoms with van der Waals surface area (Å²) >= 11 is 0. The van der Waals surface area contributed by atoms with Crippen molar-refractivity contribution in [2.24, 2.45) is 0 Å². The molecule has 3 nitrogen and oxygen atoms in total. The number of ketones is 1. The Balaban J connectivity index is 2.65. The number of aliphatic hydroxyl groups excluding tert-OH is 1. The predicted octanol–water partition coefficient (Wildman–Crippen LogP) is 2.14. The molecule has 0 aliphatic carbocycles. The van der Waals surface area contributed by atoms with Gasteiger partial charge >= 0.3 is 0 Å². The molecule has 72 valence electrons. The second-order valence-electron chi connectivity index (χ2n) is 2.96. The van der Waals surface area contributed by atoms with Gasteiger partial charge in [-0.2, -0.15) is 0 Å². The molecule has 0 atom stereocenters. The first-order valence-corrected chi connectivity index (χ1v) is 4.50. The zero-order valence-corrected chi connectivity index (χ0v) is 7.75. The van der Waals surface area contributed by atoms with Gasteiger partial charge in [-0.3, -0.25) is 4.79 Å². The van der Waals surface area contributed by atoms with Crippen molar-refractivity contribution in [1.29, 1.82) is 0 Å². The number of unbranched alkanes of at least 4 members (excludes halogenated alkanes) is 1. The van der Waals surface area contributed by atoms with Crippen molar-refractivity contribution in [2.75, 3.05) is 0 Å². The van der Waals surface area contributed by atoms with E-state index in [4.69, 9.17) is 9.52 Å². The molecule has 0 spiro atoms. The molecule has 1 aromatic heterocycles. The molecular weight excluding hydrogens is 168 g/mol. The lowest BCUT2D eigenvalue weighted by Gasteiger charge is -1.97. The lowest BCUT2D eigenvalue weighted by molar-refractivity contribution is 0.0948. The highest BCUT2D eigenvalue weighted by molar-refractivity contribution is 5.94. The number of hydrogen-bond acceptors (Lipinski definition) is 3. The Morgan fingerprint density at radius 1 is 1.62 bits per heavy atom. The van der Waals surface area contributed by atoms with Gasteiger partial charge in [-0.15, -0.1) is 0 Å². The van der Waals surface area contributed by atoms with Crippen LogP contribution in [0, 0.1) is 0 Å². The van der Waals surface area contributed by atoms with Gasteiger partial charge in [-0.05, 0) is 12.5 Å². The van der Waals surface area contributed by atoms with Crippen LogP contribution < -0.4 is 0 Å². The van der Waals surface area contributed by atoms with Gasteiger partial charge < -0.3 is 9.52 Å². The van der Waals surface area contributed by atoms with E-state index in [0.29, 0.717) is 17.7 Å². The maximum atomic E-state index is 11.4. The van der Waals surface area contributed by atoms with Crippen LogP contribution in [-0.4, -0.2) is 10.9 Å². The number of carbonyl (C=O) groups excluding carboxylic acids is 1. The van der Waals surface area contributed by atoms with Gasteiger partial charge in [0, 0.05) is 12.0 Å². The van der Waals surface area contributed by atoms with Crippen LogP contribution in [0.25, 0.3) is 0 Å². The van der Waals surface area contributed by atoms with Gasteiger partial charge in [0.25, 0.3) is 0 Å². The summed E-state index contributed by atoms with van der Waals surface area (Å²) in [6, 6.07) is 1.62. The summed E-state index contributed by atoms with van der Waals surface area (Å²) in [7, 11) is 0. The summed E-state index contributed by atoms with van der Waals surface area (Å²) in [6.07, 6.45) is 3.78. The summed E-state index contributed by atoms with van der Waals surface area (Å²) in [5, 5.41) is 8.87. The van der Waals surface area contributed by atoms with E-state index in [-0.39, 0.29) is 12.4 Å². The van der Waals surface area contributed by atoms with Crippen molar-refractivity contribution in [3.8, 4) is 0 Å². The molecule has 0 fully saturated rings. The monoisotopic (exact) mass is 182 g/mol. The van der Waals surface area contributed by atoms with E-state index >= 15 is 0 Å². The minimum Gasteiger partial charge on any atom is -0.461 e. The minimum absolute atomic E-state index is 0.0177. The van der Waals surface area contributed by atoms with Gasteiger partial charge in [0.15, 0.2) is 11.5 Å². The summed E-state index contributed by atoms with van der Waals surface area (Å²) < 4.78 is 5.00. The van der Waals surface area contributed by atoms with E-state index in [1.54, 1.807) is 6.07 Å².